The van der Waals surface area contributed by atoms with Gasteiger partial charge in [-0.15, -0.1) is 0 Å². The van der Waals surface area contributed by atoms with E-state index in [1.54, 1.807) is 0 Å². The van der Waals surface area contributed by atoms with Crippen molar-refractivity contribution in [3.05, 3.63) is 0 Å². The Morgan fingerprint density at radius 2 is 0.960 bits per heavy atom. The predicted molar refractivity (Wildman–Crippen MR) is 106 cm³/mol. The van der Waals surface area contributed by atoms with Crippen molar-refractivity contribution in [3.63, 3.8) is 0 Å². The van der Waals surface area contributed by atoms with Crippen molar-refractivity contribution in [1.82, 2.24) is 19.6 Å². The second kappa shape index (κ2) is 15.4. The van der Waals surface area contributed by atoms with Gasteiger partial charge in [0.15, 0.2) is 0 Å². The maximum absolute atomic E-state index is 12.5. The molecule has 0 rings (SSSR count). The van der Waals surface area contributed by atoms with Gasteiger partial charge in [0, 0.05) is 32.7 Å². The Hall–Kier alpha value is -0.850. The molecule has 0 aliphatic heterocycles. The van der Waals surface area contributed by atoms with Crippen LogP contribution in [0, 0.1) is 0 Å². The number of hydrogen-bond donors (Lipinski definition) is 0. The first kappa shape index (κ1) is 24.1. The van der Waals surface area contributed by atoms with E-state index in [1.807, 2.05) is 4.90 Å². The van der Waals surface area contributed by atoms with E-state index in [0.717, 1.165) is 72.0 Å². The quantitative estimate of drug-likeness (QED) is 0.450. The molecule has 0 fully saturated rings. The van der Waals surface area contributed by atoms with Crippen molar-refractivity contribution in [3.8, 4) is 0 Å². The molecular weight excluding hydrogens is 316 g/mol. The van der Waals surface area contributed by atoms with Crippen molar-refractivity contribution < 1.29 is 9.53 Å². The van der Waals surface area contributed by atoms with E-state index in [4.69, 9.17) is 4.74 Å². The Morgan fingerprint density at radius 3 is 1.32 bits per heavy atom. The molecule has 0 saturated carbocycles. The largest absolute Gasteiger partial charge is 0.448 e. The van der Waals surface area contributed by atoms with Crippen molar-refractivity contribution in [2.75, 3.05) is 78.6 Å². The Kier molecular flexibility index (Phi) is 14.9. The van der Waals surface area contributed by atoms with E-state index in [2.05, 4.69) is 56.2 Å². The van der Waals surface area contributed by atoms with Gasteiger partial charge >= 0.3 is 6.09 Å². The van der Waals surface area contributed by atoms with E-state index >= 15 is 0 Å². The van der Waals surface area contributed by atoms with Gasteiger partial charge in [-0.05, 0) is 39.3 Å². The molecule has 0 radical (unpaired) electrons. The lowest BCUT2D eigenvalue weighted by molar-refractivity contribution is 0.0840. The number of nitrogens with zero attached hydrogens (tertiary/aromatic N) is 4. The number of rotatable bonds is 15. The molecule has 0 aromatic carbocycles. The fraction of sp³-hybridized carbons (Fsp3) is 0.947. The van der Waals surface area contributed by atoms with Crippen LogP contribution in [-0.2, 0) is 4.74 Å². The standard InChI is InChI=1S/C19H42N4O2/c1-7-20(8-2)13-15-23(16-14-21(9-3)10-4)19(24)25-18-17-22(11-5)12-6/h7-18H2,1-6H3. The van der Waals surface area contributed by atoms with Crippen molar-refractivity contribution in [1.29, 1.82) is 0 Å². The summed E-state index contributed by atoms with van der Waals surface area (Å²) < 4.78 is 5.55. The van der Waals surface area contributed by atoms with Gasteiger partial charge in [0.1, 0.15) is 6.61 Å². The molecule has 25 heavy (non-hydrogen) atoms. The molecule has 0 saturated heterocycles. The van der Waals surface area contributed by atoms with Gasteiger partial charge in [0.2, 0.25) is 0 Å². The minimum Gasteiger partial charge on any atom is -0.448 e. The molecule has 1 amide bonds. The third kappa shape index (κ3) is 10.7. The summed E-state index contributed by atoms with van der Waals surface area (Å²) in [4.78, 5) is 21.4. The van der Waals surface area contributed by atoms with Crippen LogP contribution >= 0.6 is 0 Å². The molecular formula is C19H42N4O2. The van der Waals surface area contributed by atoms with Gasteiger partial charge in [0.25, 0.3) is 0 Å². The highest BCUT2D eigenvalue weighted by atomic mass is 16.6. The number of amides is 1. The van der Waals surface area contributed by atoms with E-state index < -0.39 is 0 Å². The van der Waals surface area contributed by atoms with Crippen molar-refractivity contribution in [2.24, 2.45) is 0 Å². The molecule has 6 nitrogen and oxygen atoms in total. The summed E-state index contributed by atoms with van der Waals surface area (Å²) in [6.45, 7) is 23.4. The van der Waals surface area contributed by atoms with Crippen molar-refractivity contribution in [2.45, 2.75) is 41.5 Å². The van der Waals surface area contributed by atoms with Gasteiger partial charge in [-0.2, -0.15) is 0 Å². The molecule has 0 heterocycles. The smallest absolute Gasteiger partial charge is 0.409 e. The SMILES string of the molecule is CCN(CC)CCOC(=O)N(CCN(CC)CC)CCN(CC)CC. The number of carbonyl (C=O) groups is 1. The Morgan fingerprint density at radius 1 is 0.600 bits per heavy atom. The topological polar surface area (TPSA) is 39.3 Å². The third-order valence-corrected chi connectivity index (χ3v) is 4.95. The van der Waals surface area contributed by atoms with Gasteiger partial charge in [0.05, 0.1) is 0 Å². The highest BCUT2D eigenvalue weighted by molar-refractivity contribution is 5.67. The minimum absolute atomic E-state index is 0.175. The molecule has 0 spiro atoms. The average molecular weight is 359 g/mol. The van der Waals surface area contributed by atoms with Crippen LogP contribution in [0.5, 0.6) is 0 Å². The second-order valence-corrected chi connectivity index (χ2v) is 6.18. The molecule has 0 unspecified atom stereocenters. The zero-order chi connectivity index (χ0) is 19.1. The zero-order valence-electron chi connectivity index (χ0n) is 17.6. The van der Waals surface area contributed by atoms with Crippen LogP contribution in [0.1, 0.15) is 41.5 Å². The summed E-state index contributed by atoms with van der Waals surface area (Å²) in [6.07, 6.45) is -0.175. The summed E-state index contributed by atoms with van der Waals surface area (Å²) in [7, 11) is 0. The first-order chi connectivity index (χ1) is 12.1. The second-order valence-electron chi connectivity index (χ2n) is 6.18. The molecule has 0 aromatic rings. The minimum atomic E-state index is -0.175. The monoisotopic (exact) mass is 358 g/mol. The number of hydrogen-bond acceptors (Lipinski definition) is 5. The van der Waals surface area contributed by atoms with Crippen molar-refractivity contribution >= 4 is 6.09 Å². The molecule has 0 bridgehead atoms. The first-order valence-corrected chi connectivity index (χ1v) is 10.1. The lowest BCUT2D eigenvalue weighted by Crippen LogP contribution is -2.43. The Bertz CT molecular complexity index is 301. The Labute approximate surface area is 156 Å². The van der Waals surface area contributed by atoms with Gasteiger partial charge in [-0.25, -0.2) is 4.79 Å². The van der Waals surface area contributed by atoms with Gasteiger partial charge in [-0.1, -0.05) is 41.5 Å². The molecule has 0 atom stereocenters. The van der Waals surface area contributed by atoms with Gasteiger partial charge in [-0.3, -0.25) is 0 Å². The number of carbonyl (C=O) groups excluding carboxylic acids is 1. The van der Waals surface area contributed by atoms with E-state index in [0.29, 0.717) is 6.61 Å². The maximum atomic E-state index is 12.5. The fourth-order valence-corrected chi connectivity index (χ4v) is 2.79. The summed E-state index contributed by atoms with van der Waals surface area (Å²) in [5.41, 5.74) is 0. The number of likely N-dealkylation sites (N-methyl/N-ethyl adjacent to an activating group) is 3. The van der Waals surface area contributed by atoms with Crippen LogP contribution in [0.2, 0.25) is 0 Å². The first-order valence-electron chi connectivity index (χ1n) is 10.1. The Balaban J connectivity index is 4.54. The maximum Gasteiger partial charge on any atom is 0.409 e. The van der Waals surface area contributed by atoms with Crippen LogP contribution in [0.15, 0.2) is 0 Å². The fourth-order valence-electron chi connectivity index (χ4n) is 2.79. The van der Waals surface area contributed by atoms with Crippen LogP contribution in [0.3, 0.4) is 0 Å². The molecule has 150 valence electrons. The average Bonchev–Trinajstić information content (AvgIpc) is 2.64. The lowest BCUT2D eigenvalue weighted by Gasteiger charge is -2.28. The predicted octanol–water partition coefficient (Wildman–Crippen LogP) is 2.45. The summed E-state index contributed by atoms with van der Waals surface area (Å²) >= 11 is 0. The highest BCUT2D eigenvalue weighted by Crippen LogP contribution is 2.00. The van der Waals surface area contributed by atoms with E-state index in [-0.39, 0.29) is 6.09 Å². The van der Waals surface area contributed by atoms with E-state index in [9.17, 15) is 4.79 Å². The van der Waals surface area contributed by atoms with Gasteiger partial charge < -0.3 is 24.3 Å². The van der Waals surface area contributed by atoms with Crippen LogP contribution in [0.4, 0.5) is 4.79 Å². The zero-order valence-corrected chi connectivity index (χ0v) is 17.6. The molecule has 0 aliphatic carbocycles. The molecule has 0 aromatic heterocycles. The summed E-state index contributed by atoms with van der Waals surface area (Å²) in [5, 5.41) is 0. The highest BCUT2D eigenvalue weighted by Gasteiger charge is 2.17. The van der Waals surface area contributed by atoms with Crippen LogP contribution in [-0.4, -0.2) is 104 Å². The molecule has 0 N–H and O–H groups in total. The summed E-state index contributed by atoms with van der Waals surface area (Å²) in [6, 6.07) is 0. The van der Waals surface area contributed by atoms with E-state index in [1.165, 1.54) is 0 Å². The van der Waals surface area contributed by atoms with Crippen LogP contribution < -0.4 is 0 Å². The third-order valence-electron chi connectivity index (χ3n) is 4.95. The number of ether oxygens (including phenoxy) is 1. The normalized spacial score (nSPS) is 11.6. The lowest BCUT2D eigenvalue weighted by atomic mass is 10.4. The summed E-state index contributed by atoms with van der Waals surface area (Å²) in [5.74, 6) is 0. The molecule has 6 heteroatoms. The van der Waals surface area contributed by atoms with Crippen LogP contribution in [0.25, 0.3) is 0 Å². The molecule has 0 aliphatic rings.